The first-order chi connectivity index (χ1) is 9.82. The Morgan fingerprint density at radius 3 is 1.50 bits per heavy atom. The topological polar surface area (TPSA) is 203 Å². The van der Waals surface area contributed by atoms with Gasteiger partial charge in [-0.15, -0.1) is 0 Å². The van der Waals surface area contributed by atoms with Crippen LogP contribution in [0, 0.1) is 0 Å². The van der Waals surface area contributed by atoms with Crippen LogP contribution in [-0.2, 0) is 9.53 Å². The number of carbonyl (C=O) groups excluding carboxylic acids is 1. The average Bonchev–Trinajstić information content (AvgIpc) is 2.68. The third-order valence-corrected chi connectivity index (χ3v) is 1.48. The minimum absolute atomic E-state index is 0. The first kappa shape index (κ1) is 28.7. The number of rotatable bonds is 2. The van der Waals surface area contributed by atoms with E-state index < -0.39 is 36.3 Å². The predicted octanol–water partition coefficient (Wildman–Crippen LogP) is -1.25. The lowest BCUT2D eigenvalue weighted by Crippen LogP contribution is -2.31. The lowest BCUT2D eigenvalue weighted by Gasteiger charge is -2.13. The molecule has 0 aromatic heterocycles. The molecule has 10 heteroatoms. The zero-order valence-electron chi connectivity index (χ0n) is 13.1. The highest BCUT2D eigenvalue weighted by molar-refractivity contribution is 5.89. The van der Waals surface area contributed by atoms with Gasteiger partial charge in [-0.3, -0.25) is 0 Å². The summed E-state index contributed by atoms with van der Waals surface area (Å²) in [6.45, 7) is 5.12. The summed E-state index contributed by atoms with van der Waals surface area (Å²) in [6.07, 6.45) is -2.78. The highest BCUT2D eigenvalue weighted by Gasteiger charge is 2.38. The molecule has 1 aliphatic rings. The first-order valence-electron chi connectivity index (χ1n) is 6.27. The molecule has 0 unspecified atom stereocenters. The lowest BCUT2D eigenvalue weighted by atomic mass is 10.2. The van der Waals surface area contributed by atoms with E-state index in [4.69, 9.17) is 35.7 Å². The van der Waals surface area contributed by atoms with Crippen LogP contribution < -0.4 is 6.15 Å². The molecule has 0 spiro atoms. The zero-order valence-corrected chi connectivity index (χ0v) is 13.1. The summed E-state index contributed by atoms with van der Waals surface area (Å²) < 4.78 is 4.32. The van der Waals surface area contributed by atoms with Gasteiger partial charge in [0.25, 0.3) is 0 Å². The molecule has 0 saturated carbocycles. The zero-order chi connectivity index (χ0) is 17.4. The fourth-order valence-corrected chi connectivity index (χ4v) is 0.823. The van der Waals surface area contributed by atoms with E-state index in [1.165, 1.54) is 0 Å². The number of hydrogen-bond acceptors (Lipinski definition) is 10. The first-order valence-corrected chi connectivity index (χ1v) is 6.27. The Kier molecular flexibility index (Phi) is 25.5. The average molecular weight is 331 g/mol. The molecule has 136 valence electrons. The molecule has 10 nitrogen and oxygen atoms in total. The maximum absolute atomic E-state index is 10.5. The molecule has 0 saturated heterocycles. The normalized spacial score (nSPS) is 16.5. The molecule has 1 rings (SSSR count). The van der Waals surface area contributed by atoms with E-state index in [0.717, 1.165) is 0 Å². The molecule has 22 heavy (non-hydrogen) atoms. The van der Waals surface area contributed by atoms with Gasteiger partial charge in [0.05, 0.1) is 6.61 Å². The van der Waals surface area contributed by atoms with Gasteiger partial charge < -0.3 is 46.6 Å². The Balaban J connectivity index is -0.000000136. The van der Waals surface area contributed by atoms with Gasteiger partial charge in [0.2, 0.25) is 5.76 Å². The van der Waals surface area contributed by atoms with Crippen LogP contribution >= 0.6 is 0 Å². The van der Waals surface area contributed by atoms with Gasteiger partial charge in [0.1, 0.15) is 6.10 Å². The van der Waals surface area contributed by atoms with Crippen LogP contribution in [0.25, 0.3) is 0 Å². The van der Waals surface area contributed by atoms with Crippen molar-refractivity contribution in [3.8, 4) is 0 Å². The van der Waals surface area contributed by atoms with Gasteiger partial charge in [-0.1, -0.05) is 0 Å². The van der Waals surface area contributed by atoms with E-state index in [1.54, 1.807) is 20.8 Å². The van der Waals surface area contributed by atoms with Crippen molar-refractivity contribution in [1.82, 2.24) is 6.15 Å². The van der Waals surface area contributed by atoms with Gasteiger partial charge in [-0.25, -0.2) is 4.79 Å². The summed E-state index contributed by atoms with van der Waals surface area (Å²) in [5.41, 5.74) is 0. The predicted molar refractivity (Wildman–Crippen MR) is 78.6 cm³/mol. The summed E-state index contributed by atoms with van der Waals surface area (Å²) in [7, 11) is 0. The van der Waals surface area contributed by atoms with E-state index >= 15 is 0 Å². The second-order valence-electron chi connectivity index (χ2n) is 3.26. The summed E-state index contributed by atoms with van der Waals surface area (Å²) in [5, 5.41) is 57.8. The fourth-order valence-electron chi connectivity index (χ4n) is 0.823. The van der Waals surface area contributed by atoms with Gasteiger partial charge in [0, 0.05) is 19.8 Å². The summed E-state index contributed by atoms with van der Waals surface area (Å²) >= 11 is 0. The molecule has 2 atom stereocenters. The number of ether oxygens (including phenoxy) is 1. The largest absolute Gasteiger partial charge is 0.505 e. The van der Waals surface area contributed by atoms with Crippen LogP contribution in [0.2, 0.25) is 0 Å². The highest BCUT2D eigenvalue weighted by atomic mass is 16.6. The SMILES string of the molecule is CCO.CCO.CCO.N.O=C1O[C@H]([C@@H](O)CO)C(O)=C1O. The number of esters is 1. The maximum atomic E-state index is 10.5. The molecule has 1 heterocycles. The Hall–Kier alpha value is -1.43. The Bertz CT molecular complexity index is 279. The number of hydrogen-bond donors (Lipinski definition) is 8. The molecular weight excluding hydrogens is 302 g/mol. The van der Waals surface area contributed by atoms with E-state index in [0.29, 0.717) is 0 Å². The van der Waals surface area contributed by atoms with E-state index in [2.05, 4.69) is 4.74 Å². The monoisotopic (exact) mass is 331 g/mol. The van der Waals surface area contributed by atoms with Crippen LogP contribution in [0.3, 0.4) is 0 Å². The Labute approximate surface area is 129 Å². The van der Waals surface area contributed by atoms with Crippen LogP contribution in [0.15, 0.2) is 11.5 Å². The summed E-state index contributed by atoms with van der Waals surface area (Å²) in [4.78, 5) is 10.5. The van der Waals surface area contributed by atoms with Crippen LogP contribution in [0.5, 0.6) is 0 Å². The van der Waals surface area contributed by atoms with Crippen LogP contribution in [-0.4, -0.2) is 80.4 Å². The van der Waals surface area contributed by atoms with Gasteiger partial charge in [0.15, 0.2) is 11.9 Å². The number of carbonyl (C=O) groups is 1. The molecule has 0 aromatic carbocycles. The van der Waals surface area contributed by atoms with Crippen LogP contribution in [0.1, 0.15) is 20.8 Å². The molecule has 0 fully saturated rings. The molecule has 1 aliphatic heterocycles. The number of aliphatic hydroxyl groups excluding tert-OH is 7. The highest BCUT2D eigenvalue weighted by Crippen LogP contribution is 2.20. The Morgan fingerprint density at radius 1 is 1.00 bits per heavy atom. The standard InChI is InChI=1S/C6H8O6.3C2H6O.H3N/c7-1-2(8)5-3(9)4(10)6(11)12-5;3*1-2-3;/h2,5,7-10H,1H2;3*3H,2H2,1H3;1H3/t2-,5+;;;;/m0..../s1. The van der Waals surface area contributed by atoms with Gasteiger partial charge >= 0.3 is 5.97 Å². The van der Waals surface area contributed by atoms with E-state index in [-0.39, 0.29) is 26.0 Å². The van der Waals surface area contributed by atoms with Crippen LogP contribution in [0.4, 0.5) is 0 Å². The van der Waals surface area contributed by atoms with E-state index in [1.807, 2.05) is 0 Å². The van der Waals surface area contributed by atoms with Crippen molar-refractivity contribution in [3.05, 3.63) is 11.5 Å². The number of aliphatic hydroxyl groups is 7. The second-order valence-corrected chi connectivity index (χ2v) is 3.26. The number of cyclic esters (lactones) is 1. The van der Waals surface area contributed by atoms with Crippen molar-refractivity contribution < 1.29 is 45.3 Å². The van der Waals surface area contributed by atoms with Gasteiger partial charge in [-0.05, 0) is 20.8 Å². The Morgan fingerprint density at radius 2 is 1.32 bits per heavy atom. The molecule has 10 N–H and O–H groups in total. The quantitative estimate of drug-likeness (QED) is 0.282. The van der Waals surface area contributed by atoms with Crippen molar-refractivity contribution in [2.45, 2.75) is 33.0 Å². The van der Waals surface area contributed by atoms with Crippen molar-refractivity contribution >= 4 is 5.97 Å². The second kappa shape index (κ2) is 19.6. The fraction of sp³-hybridized carbons (Fsp3) is 0.750. The smallest absolute Gasteiger partial charge is 0.377 e. The molecule has 0 bridgehead atoms. The minimum Gasteiger partial charge on any atom is -0.505 e. The molecule has 0 aliphatic carbocycles. The molecule has 0 amide bonds. The van der Waals surface area contributed by atoms with Crippen molar-refractivity contribution in [3.63, 3.8) is 0 Å². The summed E-state index contributed by atoms with van der Waals surface area (Å²) in [6, 6.07) is 0. The third kappa shape index (κ3) is 13.5. The van der Waals surface area contributed by atoms with Gasteiger partial charge in [-0.2, -0.15) is 0 Å². The summed E-state index contributed by atoms with van der Waals surface area (Å²) in [5.74, 6) is -2.78. The third-order valence-electron chi connectivity index (χ3n) is 1.48. The maximum Gasteiger partial charge on any atom is 0.377 e. The lowest BCUT2D eigenvalue weighted by molar-refractivity contribution is -0.147. The van der Waals surface area contributed by atoms with Crippen molar-refractivity contribution in [2.75, 3.05) is 26.4 Å². The molecular formula is C12H29NO9. The van der Waals surface area contributed by atoms with E-state index in [9.17, 15) is 4.79 Å². The van der Waals surface area contributed by atoms with Crippen molar-refractivity contribution in [2.24, 2.45) is 0 Å². The minimum atomic E-state index is -1.42. The molecule has 0 radical (unpaired) electrons. The molecule has 0 aromatic rings. The van der Waals surface area contributed by atoms with Crippen molar-refractivity contribution in [1.29, 1.82) is 0 Å².